The van der Waals surface area contributed by atoms with Crippen LogP contribution in [0.15, 0.2) is 28.7 Å². The summed E-state index contributed by atoms with van der Waals surface area (Å²) in [5.41, 5.74) is 1.04. The molecular formula is C13H15BrO2. The van der Waals surface area contributed by atoms with Gasteiger partial charge in [-0.05, 0) is 30.9 Å². The van der Waals surface area contributed by atoms with E-state index in [1.54, 1.807) is 0 Å². The van der Waals surface area contributed by atoms with Gasteiger partial charge in [-0.3, -0.25) is 4.79 Å². The van der Waals surface area contributed by atoms with Gasteiger partial charge in [0, 0.05) is 17.5 Å². The molecule has 1 aliphatic rings. The number of ether oxygens (including phenoxy) is 1. The summed E-state index contributed by atoms with van der Waals surface area (Å²) in [5, 5.41) is 0. The summed E-state index contributed by atoms with van der Waals surface area (Å²) < 4.78 is 6.49. The van der Waals surface area contributed by atoms with Crippen LogP contribution in [-0.2, 0) is 16.0 Å². The van der Waals surface area contributed by atoms with Crippen molar-refractivity contribution in [2.75, 3.05) is 6.61 Å². The van der Waals surface area contributed by atoms with Crippen LogP contribution in [-0.4, -0.2) is 18.5 Å². The van der Waals surface area contributed by atoms with Gasteiger partial charge in [0.1, 0.15) is 6.10 Å². The molecule has 0 aliphatic carbocycles. The first kappa shape index (κ1) is 11.8. The Hall–Kier alpha value is -0.670. The van der Waals surface area contributed by atoms with Crippen LogP contribution < -0.4 is 0 Å². The number of Topliss-reactive ketones (excluding diaryl/α,β-unsaturated/α-hetero) is 1. The molecule has 0 aromatic heterocycles. The van der Waals surface area contributed by atoms with Crippen LogP contribution >= 0.6 is 15.9 Å². The number of ketones is 1. The Kier molecular flexibility index (Phi) is 4.13. The molecule has 0 radical (unpaired) electrons. The maximum Gasteiger partial charge on any atom is 0.165 e. The Bertz CT molecular complexity index is 370. The highest BCUT2D eigenvalue weighted by atomic mass is 79.9. The number of hydrogen-bond acceptors (Lipinski definition) is 2. The van der Waals surface area contributed by atoms with Crippen LogP contribution in [0.25, 0.3) is 0 Å². The first-order valence-corrected chi connectivity index (χ1v) is 6.44. The van der Waals surface area contributed by atoms with Crippen molar-refractivity contribution in [2.45, 2.75) is 31.8 Å². The van der Waals surface area contributed by atoms with E-state index in [0.29, 0.717) is 6.42 Å². The van der Waals surface area contributed by atoms with Crippen LogP contribution in [0.1, 0.15) is 24.8 Å². The molecular weight excluding hydrogens is 268 g/mol. The molecule has 0 spiro atoms. The summed E-state index contributed by atoms with van der Waals surface area (Å²) >= 11 is 3.46. The largest absolute Gasteiger partial charge is 0.370 e. The molecule has 1 aromatic rings. The van der Waals surface area contributed by atoms with Crippen LogP contribution in [0.2, 0.25) is 0 Å². The van der Waals surface area contributed by atoms with E-state index in [1.807, 2.05) is 24.3 Å². The lowest BCUT2D eigenvalue weighted by molar-refractivity contribution is -0.132. The lowest BCUT2D eigenvalue weighted by atomic mass is 10.00. The van der Waals surface area contributed by atoms with Crippen LogP contribution in [0.3, 0.4) is 0 Å². The molecule has 0 saturated carbocycles. The van der Waals surface area contributed by atoms with E-state index in [2.05, 4.69) is 15.9 Å². The number of carbonyl (C=O) groups is 1. The van der Waals surface area contributed by atoms with Crippen LogP contribution in [0.4, 0.5) is 0 Å². The number of carbonyl (C=O) groups excluding carboxylic acids is 1. The van der Waals surface area contributed by atoms with Crippen molar-refractivity contribution < 1.29 is 9.53 Å². The predicted octanol–water partition coefficient (Wildman–Crippen LogP) is 3.13. The lowest BCUT2D eigenvalue weighted by Crippen LogP contribution is -2.29. The molecule has 1 saturated heterocycles. The fourth-order valence-electron chi connectivity index (χ4n) is 1.94. The van der Waals surface area contributed by atoms with Gasteiger partial charge in [0.2, 0.25) is 0 Å². The molecule has 1 aliphatic heterocycles. The normalized spacial score (nSPS) is 20.7. The molecule has 1 atom stereocenters. The molecule has 0 amide bonds. The number of halogens is 1. The Balaban J connectivity index is 1.99. The predicted molar refractivity (Wildman–Crippen MR) is 66.4 cm³/mol. The highest BCUT2D eigenvalue weighted by Gasteiger charge is 2.22. The smallest absolute Gasteiger partial charge is 0.165 e. The Labute approximate surface area is 104 Å². The van der Waals surface area contributed by atoms with Crippen LogP contribution in [0.5, 0.6) is 0 Å². The fraction of sp³-hybridized carbons (Fsp3) is 0.462. The minimum Gasteiger partial charge on any atom is -0.370 e. The Morgan fingerprint density at radius 3 is 2.88 bits per heavy atom. The highest BCUT2D eigenvalue weighted by molar-refractivity contribution is 9.10. The van der Waals surface area contributed by atoms with Gasteiger partial charge < -0.3 is 4.74 Å². The molecule has 0 bridgehead atoms. The first-order valence-electron chi connectivity index (χ1n) is 5.65. The molecule has 2 rings (SSSR count). The minimum atomic E-state index is -0.180. The summed E-state index contributed by atoms with van der Waals surface area (Å²) in [5.74, 6) is 0.201. The molecule has 0 N–H and O–H groups in total. The third kappa shape index (κ3) is 2.92. The second-order valence-corrected chi connectivity index (χ2v) is 4.94. The highest BCUT2D eigenvalue weighted by Crippen LogP contribution is 2.20. The van der Waals surface area contributed by atoms with E-state index in [1.165, 1.54) is 0 Å². The second-order valence-electron chi connectivity index (χ2n) is 4.09. The maximum absolute atomic E-state index is 12.0. The quantitative estimate of drug-likeness (QED) is 0.852. The van der Waals surface area contributed by atoms with Gasteiger partial charge in [0.25, 0.3) is 0 Å². The van der Waals surface area contributed by atoms with Gasteiger partial charge in [-0.1, -0.05) is 34.1 Å². The summed E-state index contributed by atoms with van der Waals surface area (Å²) in [6, 6.07) is 7.85. The van der Waals surface area contributed by atoms with Crippen molar-refractivity contribution in [3.8, 4) is 0 Å². The van der Waals surface area contributed by atoms with Crippen molar-refractivity contribution in [1.29, 1.82) is 0 Å². The lowest BCUT2D eigenvalue weighted by Gasteiger charge is -2.21. The zero-order valence-electron chi connectivity index (χ0n) is 9.12. The molecule has 1 unspecified atom stereocenters. The molecule has 1 aromatic carbocycles. The fourth-order valence-corrected chi connectivity index (χ4v) is 2.36. The van der Waals surface area contributed by atoms with E-state index in [-0.39, 0.29) is 11.9 Å². The zero-order chi connectivity index (χ0) is 11.4. The minimum absolute atomic E-state index is 0.180. The summed E-state index contributed by atoms with van der Waals surface area (Å²) in [6.07, 6.45) is 3.35. The van der Waals surface area contributed by atoms with Gasteiger partial charge in [-0.25, -0.2) is 0 Å². The Morgan fingerprint density at radius 1 is 1.38 bits per heavy atom. The summed E-state index contributed by atoms with van der Waals surface area (Å²) in [6.45, 7) is 0.729. The third-order valence-electron chi connectivity index (χ3n) is 2.86. The standard InChI is InChI=1S/C13H15BrO2/c14-11-6-2-1-5-10(11)9-12(15)13-7-3-4-8-16-13/h1-2,5-6,13H,3-4,7-9H2. The van der Waals surface area contributed by atoms with Crippen molar-refractivity contribution in [2.24, 2.45) is 0 Å². The first-order chi connectivity index (χ1) is 7.77. The maximum atomic E-state index is 12.0. The molecule has 86 valence electrons. The van der Waals surface area contributed by atoms with Gasteiger partial charge in [-0.2, -0.15) is 0 Å². The number of hydrogen-bond donors (Lipinski definition) is 0. The molecule has 3 heteroatoms. The molecule has 1 fully saturated rings. The molecule has 2 nitrogen and oxygen atoms in total. The molecule has 16 heavy (non-hydrogen) atoms. The second kappa shape index (κ2) is 5.60. The van der Waals surface area contributed by atoms with Crippen molar-refractivity contribution in [3.63, 3.8) is 0 Å². The van der Waals surface area contributed by atoms with Crippen molar-refractivity contribution in [1.82, 2.24) is 0 Å². The SMILES string of the molecule is O=C(Cc1ccccc1Br)C1CCCCO1. The Morgan fingerprint density at radius 2 is 2.19 bits per heavy atom. The zero-order valence-corrected chi connectivity index (χ0v) is 10.7. The topological polar surface area (TPSA) is 26.3 Å². The van der Waals surface area contributed by atoms with Crippen LogP contribution in [0, 0.1) is 0 Å². The average Bonchev–Trinajstić information content (AvgIpc) is 2.33. The summed E-state index contributed by atoms with van der Waals surface area (Å²) in [4.78, 5) is 12.0. The third-order valence-corrected chi connectivity index (χ3v) is 3.63. The number of benzene rings is 1. The van der Waals surface area contributed by atoms with Gasteiger partial charge in [0.15, 0.2) is 5.78 Å². The summed E-state index contributed by atoms with van der Waals surface area (Å²) in [7, 11) is 0. The van der Waals surface area contributed by atoms with E-state index in [4.69, 9.17) is 4.74 Å². The average molecular weight is 283 g/mol. The van der Waals surface area contributed by atoms with E-state index < -0.39 is 0 Å². The van der Waals surface area contributed by atoms with Gasteiger partial charge >= 0.3 is 0 Å². The van der Waals surface area contributed by atoms with E-state index >= 15 is 0 Å². The van der Waals surface area contributed by atoms with Gasteiger partial charge in [0.05, 0.1) is 0 Å². The van der Waals surface area contributed by atoms with Crippen molar-refractivity contribution in [3.05, 3.63) is 34.3 Å². The van der Waals surface area contributed by atoms with E-state index in [0.717, 1.165) is 35.9 Å². The van der Waals surface area contributed by atoms with Gasteiger partial charge in [-0.15, -0.1) is 0 Å². The molecule has 1 heterocycles. The number of rotatable bonds is 3. The van der Waals surface area contributed by atoms with E-state index in [9.17, 15) is 4.79 Å². The monoisotopic (exact) mass is 282 g/mol. The van der Waals surface area contributed by atoms with Crippen molar-refractivity contribution >= 4 is 21.7 Å².